The molecule has 0 spiro atoms. The first-order chi connectivity index (χ1) is 16.3. The van der Waals surface area contributed by atoms with Crippen molar-refractivity contribution in [2.24, 2.45) is 4.99 Å². The Morgan fingerprint density at radius 2 is 1.79 bits per heavy atom. The number of nitrogens with zero attached hydrogens (tertiary/aromatic N) is 2. The molecule has 0 saturated heterocycles. The van der Waals surface area contributed by atoms with Gasteiger partial charge in [0.15, 0.2) is 4.80 Å². The van der Waals surface area contributed by atoms with E-state index in [9.17, 15) is 13.2 Å². The zero-order valence-corrected chi connectivity index (χ0v) is 21.0. The van der Waals surface area contributed by atoms with Crippen molar-refractivity contribution < 1.29 is 17.9 Å². The molecule has 0 fully saturated rings. The summed E-state index contributed by atoms with van der Waals surface area (Å²) in [6.45, 7) is 0.798. The minimum absolute atomic E-state index is 0.120. The van der Waals surface area contributed by atoms with E-state index in [-0.39, 0.29) is 16.1 Å². The molecular weight excluding hydrogens is 517 g/mol. The Morgan fingerprint density at radius 1 is 1.06 bits per heavy atom. The largest absolute Gasteiger partial charge is 0.383 e. The smallest absolute Gasteiger partial charge is 0.279 e. The maximum Gasteiger partial charge on any atom is 0.279 e. The number of ether oxygens (including phenoxy) is 1. The average molecular weight is 536 g/mol. The third kappa shape index (κ3) is 5.18. The van der Waals surface area contributed by atoms with Crippen LogP contribution in [-0.4, -0.2) is 32.6 Å². The normalized spacial score (nSPS) is 12.3. The number of carbonyl (C=O) groups excluding carboxylic acids is 1. The molecule has 0 unspecified atom stereocenters. The number of hydrogen-bond donors (Lipinski definition) is 1. The van der Waals surface area contributed by atoms with Crippen LogP contribution in [0.4, 0.5) is 5.69 Å². The zero-order chi connectivity index (χ0) is 24.3. The van der Waals surface area contributed by atoms with Gasteiger partial charge in [0.05, 0.1) is 31.8 Å². The number of thiazole rings is 1. The summed E-state index contributed by atoms with van der Waals surface area (Å²) in [6, 6.07) is 17.5. The van der Waals surface area contributed by atoms with Crippen LogP contribution in [0.1, 0.15) is 10.4 Å². The highest BCUT2D eigenvalue weighted by Gasteiger charge is 2.16. The predicted molar refractivity (Wildman–Crippen MR) is 135 cm³/mol. The van der Waals surface area contributed by atoms with Crippen LogP contribution in [-0.2, 0) is 21.3 Å². The van der Waals surface area contributed by atoms with Gasteiger partial charge in [0.25, 0.3) is 15.9 Å². The summed E-state index contributed by atoms with van der Waals surface area (Å²) < 4.78 is 35.4. The molecule has 1 amide bonds. The predicted octanol–water partition coefficient (Wildman–Crippen LogP) is 5.20. The standard InChI is InChI=1S/C23H19Cl2N3O4S2/c1-32-13-12-28-20-18(24)10-11-19(25)21(20)33-23(28)26-22(29)15-6-5-7-16(14-15)27-34(30,31)17-8-3-2-4-9-17/h2-11,14,27H,12-13H2,1H3. The van der Waals surface area contributed by atoms with Gasteiger partial charge in [0.1, 0.15) is 0 Å². The van der Waals surface area contributed by atoms with Crippen molar-refractivity contribution in [3.05, 3.63) is 87.1 Å². The number of methoxy groups -OCH3 is 1. The van der Waals surface area contributed by atoms with Gasteiger partial charge in [-0.2, -0.15) is 4.99 Å². The van der Waals surface area contributed by atoms with Crippen molar-refractivity contribution in [2.45, 2.75) is 11.4 Å². The summed E-state index contributed by atoms with van der Waals surface area (Å²) in [5, 5.41) is 0.986. The van der Waals surface area contributed by atoms with Crippen LogP contribution in [0.15, 0.2) is 76.6 Å². The Balaban J connectivity index is 1.71. The van der Waals surface area contributed by atoms with Gasteiger partial charge in [-0.25, -0.2) is 8.42 Å². The number of anilines is 1. The molecule has 0 aliphatic heterocycles. The van der Waals surface area contributed by atoms with Crippen molar-refractivity contribution in [1.82, 2.24) is 4.57 Å². The van der Waals surface area contributed by atoms with Gasteiger partial charge < -0.3 is 9.30 Å². The first kappa shape index (κ1) is 24.4. The third-order valence-corrected chi connectivity index (χ3v) is 8.10. The molecule has 0 bridgehead atoms. The van der Waals surface area contributed by atoms with E-state index in [0.717, 1.165) is 0 Å². The highest BCUT2D eigenvalue weighted by molar-refractivity contribution is 7.92. The van der Waals surface area contributed by atoms with Gasteiger partial charge in [-0.05, 0) is 42.5 Å². The molecule has 0 saturated carbocycles. The van der Waals surface area contributed by atoms with Crippen molar-refractivity contribution in [3.8, 4) is 0 Å². The number of benzene rings is 3. The minimum Gasteiger partial charge on any atom is -0.383 e. The Bertz CT molecular complexity index is 1530. The van der Waals surface area contributed by atoms with E-state index >= 15 is 0 Å². The summed E-state index contributed by atoms with van der Waals surface area (Å²) in [5.41, 5.74) is 1.15. The monoisotopic (exact) mass is 535 g/mol. The number of aromatic nitrogens is 1. The lowest BCUT2D eigenvalue weighted by molar-refractivity contribution is 0.0997. The van der Waals surface area contributed by atoms with Crippen LogP contribution in [0, 0.1) is 0 Å². The number of fused-ring (bicyclic) bond motifs is 1. The number of halogens is 2. The second-order valence-corrected chi connectivity index (χ2v) is 10.6. The molecular formula is C23H19Cl2N3O4S2. The fraction of sp³-hybridized carbons (Fsp3) is 0.130. The minimum atomic E-state index is -3.80. The van der Waals surface area contributed by atoms with Crippen molar-refractivity contribution in [2.75, 3.05) is 18.4 Å². The van der Waals surface area contributed by atoms with Gasteiger partial charge in [-0.15, -0.1) is 0 Å². The second-order valence-electron chi connectivity index (χ2n) is 7.15. The van der Waals surface area contributed by atoms with Crippen molar-refractivity contribution >= 4 is 66.4 Å². The van der Waals surface area contributed by atoms with E-state index in [1.165, 1.54) is 29.5 Å². The third-order valence-electron chi connectivity index (χ3n) is 4.86. The summed E-state index contributed by atoms with van der Waals surface area (Å²) in [7, 11) is -2.22. The quantitative estimate of drug-likeness (QED) is 0.352. The molecule has 1 heterocycles. The van der Waals surface area contributed by atoms with Crippen molar-refractivity contribution in [1.29, 1.82) is 0 Å². The molecule has 11 heteroatoms. The molecule has 3 aromatic carbocycles. The lowest BCUT2D eigenvalue weighted by atomic mass is 10.2. The van der Waals surface area contributed by atoms with Crippen LogP contribution in [0.2, 0.25) is 10.0 Å². The Kier molecular flexibility index (Phi) is 7.39. The van der Waals surface area contributed by atoms with Gasteiger partial charge in [0.2, 0.25) is 0 Å². The maximum absolute atomic E-state index is 13.0. The Morgan fingerprint density at radius 3 is 2.53 bits per heavy atom. The van der Waals surface area contributed by atoms with E-state index in [1.54, 1.807) is 60.2 Å². The molecule has 0 aliphatic rings. The molecule has 176 valence electrons. The number of sulfonamides is 1. The van der Waals surface area contributed by atoms with E-state index in [2.05, 4.69) is 9.71 Å². The lowest BCUT2D eigenvalue weighted by Gasteiger charge is -2.09. The summed E-state index contributed by atoms with van der Waals surface area (Å²) >= 11 is 14.0. The molecule has 7 nitrogen and oxygen atoms in total. The number of rotatable bonds is 7. The second kappa shape index (κ2) is 10.3. The Hall–Kier alpha value is -2.69. The molecule has 1 N–H and O–H groups in total. The van der Waals surface area contributed by atoms with Crippen molar-refractivity contribution in [3.63, 3.8) is 0 Å². The summed E-state index contributed by atoms with van der Waals surface area (Å²) in [6.07, 6.45) is 0. The first-order valence-electron chi connectivity index (χ1n) is 10.0. The van der Waals surface area contributed by atoms with Crippen LogP contribution in [0.3, 0.4) is 0 Å². The zero-order valence-electron chi connectivity index (χ0n) is 17.9. The molecule has 4 rings (SSSR count). The van der Waals surface area contributed by atoms with Crippen LogP contribution in [0.25, 0.3) is 10.2 Å². The number of nitrogens with one attached hydrogen (secondary N) is 1. The lowest BCUT2D eigenvalue weighted by Crippen LogP contribution is -2.19. The van der Waals surface area contributed by atoms with E-state index in [4.69, 9.17) is 27.9 Å². The molecule has 1 aromatic heterocycles. The van der Waals surface area contributed by atoms with E-state index in [0.29, 0.717) is 38.2 Å². The highest BCUT2D eigenvalue weighted by atomic mass is 35.5. The fourth-order valence-corrected chi connectivity index (χ4v) is 6.01. The summed E-state index contributed by atoms with van der Waals surface area (Å²) in [4.78, 5) is 17.8. The van der Waals surface area contributed by atoms with E-state index in [1.807, 2.05) is 0 Å². The van der Waals surface area contributed by atoms with Gasteiger partial charge in [0, 0.05) is 24.9 Å². The molecule has 34 heavy (non-hydrogen) atoms. The molecule has 0 radical (unpaired) electrons. The number of hydrogen-bond acceptors (Lipinski definition) is 5. The van der Waals surface area contributed by atoms with Crippen LogP contribution < -0.4 is 9.52 Å². The molecule has 4 aromatic rings. The topological polar surface area (TPSA) is 89.8 Å². The summed E-state index contributed by atoms with van der Waals surface area (Å²) in [5.74, 6) is -0.536. The maximum atomic E-state index is 13.0. The molecule has 0 aliphatic carbocycles. The average Bonchev–Trinajstić information content (AvgIpc) is 3.19. The fourth-order valence-electron chi connectivity index (χ4n) is 3.27. The SMILES string of the molecule is COCCn1c(=NC(=O)c2cccc(NS(=O)(=O)c3ccccc3)c2)sc2c(Cl)ccc(Cl)c21. The van der Waals surface area contributed by atoms with E-state index < -0.39 is 15.9 Å². The first-order valence-corrected chi connectivity index (χ1v) is 13.1. The van der Waals surface area contributed by atoms with Gasteiger partial charge in [-0.3, -0.25) is 9.52 Å². The van der Waals surface area contributed by atoms with Crippen LogP contribution >= 0.6 is 34.5 Å². The van der Waals surface area contributed by atoms with Gasteiger partial charge >= 0.3 is 0 Å². The highest BCUT2D eigenvalue weighted by Crippen LogP contribution is 2.32. The van der Waals surface area contributed by atoms with Crippen LogP contribution in [0.5, 0.6) is 0 Å². The Labute approximate surface area is 210 Å². The molecule has 0 atom stereocenters. The van der Waals surface area contributed by atoms with Gasteiger partial charge in [-0.1, -0.05) is 58.8 Å². The number of carbonyl (C=O) groups is 1. The number of amides is 1.